The second-order valence-corrected chi connectivity index (χ2v) is 4.08. The minimum absolute atomic E-state index is 0.338. The van der Waals surface area contributed by atoms with Gasteiger partial charge in [0.2, 0.25) is 0 Å². The summed E-state index contributed by atoms with van der Waals surface area (Å²) < 4.78 is 0. The lowest BCUT2D eigenvalue weighted by Gasteiger charge is -2.12. The Bertz CT molecular complexity index is 587. The van der Waals surface area contributed by atoms with Crippen LogP contribution in [-0.2, 0) is 4.79 Å². The fourth-order valence-electron chi connectivity index (χ4n) is 1.73. The summed E-state index contributed by atoms with van der Waals surface area (Å²) in [6.07, 6.45) is 0. The van der Waals surface area contributed by atoms with E-state index >= 15 is 0 Å². The summed E-state index contributed by atoms with van der Waals surface area (Å²) >= 11 is 0. The predicted octanol–water partition coefficient (Wildman–Crippen LogP) is 2.15. The van der Waals surface area contributed by atoms with E-state index in [1.807, 2.05) is 6.07 Å². The van der Waals surface area contributed by atoms with Crippen molar-refractivity contribution in [1.82, 2.24) is 5.43 Å². The number of anilines is 1. The first-order valence-corrected chi connectivity index (χ1v) is 5.98. The Labute approximate surface area is 115 Å². The summed E-state index contributed by atoms with van der Waals surface area (Å²) in [5.74, 6) is -0.718. The van der Waals surface area contributed by atoms with E-state index < -0.39 is 16.9 Å². The van der Waals surface area contributed by atoms with Gasteiger partial charge in [0.25, 0.3) is 0 Å². The van der Waals surface area contributed by atoms with Gasteiger partial charge >= 0.3 is 11.9 Å². The van der Waals surface area contributed by atoms with Gasteiger partial charge in [0, 0.05) is 10.5 Å². The molecule has 2 aromatic rings. The molecule has 6 heteroatoms. The number of carbonyl (C=O) groups excluding carboxylic acids is 1. The molecule has 0 bridgehead atoms. The Kier molecular flexibility index (Phi) is 4.28. The third-order valence-corrected chi connectivity index (χ3v) is 2.68. The zero-order chi connectivity index (χ0) is 14.4. The van der Waals surface area contributed by atoms with Crippen LogP contribution in [0.4, 0.5) is 5.69 Å². The lowest BCUT2D eigenvalue weighted by molar-refractivity contribution is -0.513. The van der Waals surface area contributed by atoms with Crippen LogP contribution >= 0.6 is 0 Å². The van der Waals surface area contributed by atoms with Crippen LogP contribution in [0.15, 0.2) is 60.7 Å². The smallest absolute Gasteiger partial charge is 0.298 e. The van der Waals surface area contributed by atoms with E-state index in [9.17, 15) is 14.9 Å². The van der Waals surface area contributed by atoms with Gasteiger partial charge in [0.05, 0.1) is 5.69 Å². The number of hydrogen-bond acceptors (Lipinski definition) is 4. The van der Waals surface area contributed by atoms with Crippen molar-refractivity contribution in [3.05, 3.63) is 76.3 Å². The van der Waals surface area contributed by atoms with Crippen molar-refractivity contribution < 1.29 is 9.72 Å². The van der Waals surface area contributed by atoms with Crippen molar-refractivity contribution in [3.8, 4) is 0 Å². The van der Waals surface area contributed by atoms with E-state index in [-0.39, 0.29) is 0 Å². The van der Waals surface area contributed by atoms with Crippen LogP contribution in [0.3, 0.4) is 0 Å². The maximum Gasteiger partial charge on any atom is 0.317 e. The zero-order valence-corrected chi connectivity index (χ0v) is 10.5. The van der Waals surface area contributed by atoms with Gasteiger partial charge in [-0.05, 0) is 12.1 Å². The van der Waals surface area contributed by atoms with Gasteiger partial charge in [-0.2, -0.15) is 0 Å². The quantitative estimate of drug-likeness (QED) is 0.644. The largest absolute Gasteiger partial charge is 0.317 e. The molecule has 0 saturated carbocycles. The first-order valence-electron chi connectivity index (χ1n) is 5.98. The zero-order valence-electron chi connectivity index (χ0n) is 10.5. The van der Waals surface area contributed by atoms with Crippen molar-refractivity contribution >= 4 is 11.6 Å². The third-order valence-electron chi connectivity index (χ3n) is 2.68. The summed E-state index contributed by atoms with van der Waals surface area (Å²) in [6, 6.07) is 15.6. The normalized spacial score (nSPS) is 11.4. The van der Waals surface area contributed by atoms with Crippen LogP contribution in [0.25, 0.3) is 0 Å². The molecule has 1 amide bonds. The van der Waals surface area contributed by atoms with E-state index in [0.717, 1.165) is 0 Å². The summed E-state index contributed by atoms with van der Waals surface area (Å²) in [6.45, 7) is 0. The molecule has 0 aromatic heterocycles. The Balaban J connectivity index is 2.07. The van der Waals surface area contributed by atoms with Gasteiger partial charge in [-0.3, -0.25) is 25.8 Å². The minimum Gasteiger partial charge on any atom is -0.298 e. The monoisotopic (exact) mass is 271 g/mol. The lowest BCUT2D eigenvalue weighted by Crippen LogP contribution is -2.37. The van der Waals surface area contributed by atoms with E-state index in [0.29, 0.717) is 11.3 Å². The molecule has 0 aliphatic carbocycles. The predicted molar refractivity (Wildman–Crippen MR) is 74.4 cm³/mol. The summed E-state index contributed by atoms with van der Waals surface area (Å²) in [5, 5.41) is 11.1. The number of hydrazine groups is 1. The van der Waals surface area contributed by atoms with Crippen molar-refractivity contribution in [2.45, 2.75) is 6.04 Å². The number of nitro groups is 1. The number of nitrogens with one attached hydrogen (secondary N) is 2. The molecule has 1 atom stereocenters. The molecule has 0 heterocycles. The lowest BCUT2D eigenvalue weighted by atomic mass is 10.1. The number of rotatable bonds is 5. The Morgan fingerprint density at radius 2 is 1.55 bits per heavy atom. The third kappa shape index (κ3) is 3.32. The van der Waals surface area contributed by atoms with Crippen LogP contribution in [0, 0.1) is 10.1 Å². The number of amides is 1. The molecule has 0 saturated heterocycles. The van der Waals surface area contributed by atoms with Gasteiger partial charge in [0.15, 0.2) is 0 Å². The number of nitrogens with zero attached hydrogens (tertiary/aromatic N) is 1. The Morgan fingerprint density at radius 3 is 2.10 bits per heavy atom. The topological polar surface area (TPSA) is 84.3 Å². The van der Waals surface area contributed by atoms with E-state index in [1.54, 1.807) is 54.6 Å². The van der Waals surface area contributed by atoms with Crippen LogP contribution in [0.5, 0.6) is 0 Å². The number of carbonyl (C=O) groups is 1. The highest BCUT2D eigenvalue weighted by Crippen LogP contribution is 2.16. The number of hydrogen-bond donors (Lipinski definition) is 2. The van der Waals surface area contributed by atoms with Gasteiger partial charge in [-0.15, -0.1) is 0 Å². The molecule has 2 N–H and O–H groups in total. The second kappa shape index (κ2) is 6.33. The molecule has 0 radical (unpaired) electrons. The average molecular weight is 271 g/mol. The van der Waals surface area contributed by atoms with Crippen molar-refractivity contribution in [2.24, 2.45) is 0 Å². The maximum atomic E-state index is 11.9. The molecule has 2 rings (SSSR count). The Morgan fingerprint density at radius 1 is 1.00 bits per heavy atom. The van der Waals surface area contributed by atoms with Crippen LogP contribution in [0.2, 0.25) is 0 Å². The highest BCUT2D eigenvalue weighted by Gasteiger charge is 2.31. The first kappa shape index (κ1) is 13.5. The van der Waals surface area contributed by atoms with Gasteiger partial charge in [-0.1, -0.05) is 48.5 Å². The molecule has 102 valence electrons. The molecular weight excluding hydrogens is 258 g/mol. The summed E-state index contributed by atoms with van der Waals surface area (Å²) in [4.78, 5) is 22.4. The molecule has 0 spiro atoms. The molecule has 0 aliphatic rings. The maximum absolute atomic E-state index is 11.9. The van der Waals surface area contributed by atoms with E-state index in [1.165, 1.54) is 0 Å². The average Bonchev–Trinajstić information content (AvgIpc) is 2.47. The van der Waals surface area contributed by atoms with Gasteiger partial charge in [-0.25, -0.2) is 0 Å². The van der Waals surface area contributed by atoms with Crippen molar-refractivity contribution in [1.29, 1.82) is 0 Å². The minimum atomic E-state index is -1.44. The van der Waals surface area contributed by atoms with E-state index in [2.05, 4.69) is 10.9 Å². The molecule has 1 unspecified atom stereocenters. The first-order chi connectivity index (χ1) is 9.68. The second-order valence-electron chi connectivity index (χ2n) is 4.08. The van der Waals surface area contributed by atoms with Gasteiger partial charge < -0.3 is 0 Å². The number of para-hydroxylation sites is 1. The van der Waals surface area contributed by atoms with Crippen molar-refractivity contribution in [2.75, 3.05) is 5.43 Å². The standard InChI is InChI=1S/C14H13N3O3/c18-14(16-15-12-9-5-2-6-10-12)13(17(19)20)11-7-3-1-4-8-11/h1-10,13,15H,(H,16,18). The van der Waals surface area contributed by atoms with Crippen LogP contribution < -0.4 is 10.9 Å². The Hall–Kier alpha value is -2.89. The number of benzene rings is 2. The van der Waals surface area contributed by atoms with Crippen LogP contribution in [-0.4, -0.2) is 10.8 Å². The molecule has 0 aliphatic heterocycles. The highest BCUT2D eigenvalue weighted by atomic mass is 16.6. The molecular formula is C14H13N3O3. The molecule has 6 nitrogen and oxygen atoms in total. The summed E-state index contributed by atoms with van der Waals surface area (Å²) in [5.41, 5.74) is 5.98. The fourth-order valence-corrected chi connectivity index (χ4v) is 1.73. The summed E-state index contributed by atoms with van der Waals surface area (Å²) in [7, 11) is 0. The molecule has 0 fully saturated rings. The van der Waals surface area contributed by atoms with E-state index in [4.69, 9.17) is 0 Å². The van der Waals surface area contributed by atoms with Gasteiger partial charge in [0.1, 0.15) is 0 Å². The molecule has 2 aromatic carbocycles. The van der Waals surface area contributed by atoms with Crippen molar-refractivity contribution in [3.63, 3.8) is 0 Å². The molecule has 20 heavy (non-hydrogen) atoms. The fraction of sp³-hybridized carbons (Fsp3) is 0.0714. The van der Waals surface area contributed by atoms with Crippen LogP contribution in [0.1, 0.15) is 11.6 Å². The SMILES string of the molecule is O=C(NNc1ccccc1)C(c1ccccc1)[N+](=O)[O-]. The highest BCUT2D eigenvalue weighted by molar-refractivity contribution is 5.83.